The molecule has 2 heterocycles. The van der Waals surface area contributed by atoms with Gasteiger partial charge in [0.2, 0.25) is 0 Å². The molecule has 5 rings (SSSR count). The van der Waals surface area contributed by atoms with Crippen molar-refractivity contribution in [1.29, 1.82) is 0 Å². The van der Waals surface area contributed by atoms with Crippen LogP contribution < -0.4 is 5.32 Å². The van der Waals surface area contributed by atoms with Gasteiger partial charge in [0.05, 0.1) is 0 Å². The van der Waals surface area contributed by atoms with Crippen LogP contribution in [0.3, 0.4) is 0 Å². The smallest absolute Gasteiger partial charge is 0.412 e. The molecule has 0 saturated carbocycles. The Labute approximate surface area is 206 Å². The van der Waals surface area contributed by atoms with E-state index in [4.69, 9.17) is 4.74 Å². The second-order valence-corrected chi connectivity index (χ2v) is 9.62. The molecule has 9 heteroatoms. The number of benzene rings is 2. The van der Waals surface area contributed by atoms with E-state index in [0.29, 0.717) is 12.3 Å². The Balaban J connectivity index is 1.23. The number of aliphatic carboxylic acids is 1. The minimum atomic E-state index is -0.939. The Hall–Kier alpha value is -3.85. The summed E-state index contributed by atoms with van der Waals surface area (Å²) in [6.45, 7) is 0.726. The number of amides is 2. The van der Waals surface area contributed by atoms with E-state index >= 15 is 0 Å². The third-order valence-electron chi connectivity index (χ3n) is 6.17. The van der Waals surface area contributed by atoms with E-state index in [1.54, 1.807) is 18.2 Å². The number of fused-ring (bicyclic) bond motifs is 3. The maximum absolute atomic E-state index is 12.9. The van der Waals surface area contributed by atoms with Crippen LogP contribution in [0.5, 0.6) is 0 Å². The molecule has 2 amide bonds. The van der Waals surface area contributed by atoms with Gasteiger partial charge in [0.15, 0.2) is 0 Å². The highest BCUT2D eigenvalue weighted by atomic mass is 32.2. The van der Waals surface area contributed by atoms with Crippen molar-refractivity contribution in [2.24, 2.45) is 0 Å². The largest absolute Gasteiger partial charge is 0.480 e. The Morgan fingerprint density at radius 1 is 1.00 bits per heavy atom. The lowest BCUT2D eigenvalue weighted by Crippen LogP contribution is -2.44. The summed E-state index contributed by atoms with van der Waals surface area (Å²) < 4.78 is 5.55. The highest BCUT2D eigenvalue weighted by Crippen LogP contribution is 2.44. The number of anilines is 1. The van der Waals surface area contributed by atoms with Crippen molar-refractivity contribution in [2.75, 3.05) is 30.8 Å². The molecule has 1 saturated heterocycles. The van der Waals surface area contributed by atoms with Crippen LogP contribution in [0.1, 0.15) is 27.5 Å². The van der Waals surface area contributed by atoms with Gasteiger partial charge >= 0.3 is 12.1 Å². The van der Waals surface area contributed by atoms with Crippen molar-refractivity contribution in [3.05, 3.63) is 83.6 Å². The summed E-state index contributed by atoms with van der Waals surface area (Å²) in [5, 5.41) is 11.2. The molecule has 1 atom stereocenters. The lowest BCUT2D eigenvalue weighted by atomic mass is 9.98. The van der Waals surface area contributed by atoms with Gasteiger partial charge < -0.3 is 14.7 Å². The number of carboxylic acid groups (broad SMARTS) is 1. The highest BCUT2D eigenvalue weighted by Gasteiger charge is 2.31. The summed E-state index contributed by atoms with van der Waals surface area (Å²) in [6.07, 6.45) is -0.663. The zero-order chi connectivity index (χ0) is 24.4. The number of hydrogen-bond donors (Lipinski definition) is 2. The number of thioether (sulfide) groups is 1. The van der Waals surface area contributed by atoms with E-state index in [1.807, 2.05) is 36.4 Å². The summed E-state index contributed by atoms with van der Waals surface area (Å²) in [6, 6.07) is 20.9. The maximum Gasteiger partial charge on any atom is 0.412 e. The lowest BCUT2D eigenvalue weighted by molar-refractivity contribution is -0.136. The minimum Gasteiger partial charge on any atom is -0.480 e. The number of hydrogen-bond acceptors (Lipinski definition) is 6. The topological polar surface area (TPSA) is 109 Å². The molecule has 1 fully saturated rings. The fourth-order valence-electron chi connectivity index (χ4n) is 4.51. The van der Waals surface area contributed by atoms with E-state index in [9.17, 15) is 19.5 Å². The van der Waals surface area contributed by atoms with Crippen LogP contribution in [0.4, 0.5) is 10.6 Å². The van der Waals surface area contributed by atoms with Crippen molar-refractivity contribution in [3.63, 3.8) is 0 Å². The van der Waals surface area contributed by atoms with Crippen LogP contribution in [0.2, 0.25) is 0 Å². The van der Waals surface area contributed by atoms with Gasteiger partial charge in [0.25, 0.3) is 5.91 Å². The molecule has 0 bridgehead atoms. The first kappa shape index (κ1) is 22.9. The number of carbonyl (C=O) groups is 3. The van der Waals surface area contributed by atoms with Gasteiger partial charge in [-0.25, -0.2) is 9.78 Å². The average molecular weight is 490 g/mol. The minimum absolute atomic E-state index is 0.0619. The molecule has 3 aromatic rings. The van der Waals surface area contributed by atoms with Crippen LogP contribution in [0, 0.1) is 0 Å². The molecule has 1 aliphatic carbocycles. The van der Waals surface area contributed by atoms with Crippen LogP contribution in [0.25, 0.3) is 11.1 Å². The molecule has 0 spiro atoms. The number of carboxylic acids is 1. The maximum atomic E-state index is 12.9. The monoisotopic (exact) mass is 489 g/mol. The fraction of sp³-hybridized carbons (Fsp3) is 0.231. The highest BCUT2D eigenvalue weighted by molar-refractivity contribution is 8.00. The number of nitrogens with zero attached hydrogens (tertiary/aromatic N) is 2. The molecule has 1 aliphatic heterocycles. The van der Waals surface area contributed by atoms with Gasteiger partial charge in [-0.05, 0) is 34.4 Å². The summed E-state index contributed by atoms with van der Waals surface area (Å²) in [5.41, 5.74) is 4.66. The number of ether oxygens (including phenoxy) is 1. The van der Waals surface area contributed by atoms with Gasteiger partial charge in [-0.1, -0.05) is 54.6 Å². The number of carbonyl (C=O) groups excluding carboxylic acids is 2. The summed E-state index contributed by atoms with van der Waals surface area (Å²) in [7, 11) is 0. The van der Waals surface area contributed by atoms with E-state index in [2.05, 4.69) is 22.4 Å². The zero-order valence-corrected chi connectivity index (χ0v) is 19.5. The molecule has 8 nitrogen and oxygen atoms in total. The molecular formula is C26H23N3O5S. The quantitative estimate of drug-likeness (QED) is 0.556. The lowest BCUT2D eigenvalue weighted by Gasteiger charge is -2.30. The van der Waals surface area contributed by atoms with Gasteiger partial charge in [-0.3, -0.25) is 14.9 Å². The molecule has 2 N–H and O–H groups in total. The number of aromatic nitrogens is 1. The van der Waals surface area contributed by atoms with Gasteiger partial charge in [0.1, 0.15) is 23.4 Å². The Morgan fingerprint density at radius 2 is 1.69 bits per heavy atom. The molecule has 0 radical (unpaired) electrons. The Kier molecular flexibility index (Phi) is 6.41. The van der Waals surface area contributed by atoms with Gasteiger partial charge in [-0.2, -0.15) is 0 Å². The Bertz CT molecular complexity index is 1250. The van der Waals surface area contributed by atoms with E-state index < -0.39 is 17.3 Å². The third-order valence-corrected chi connectivity index (χ3v) is 7.34. The summed E-state index contributed by atoms with van der Waals surface area (Å²) in [5.74, 6) is -0.637. The molecule has 178 valence electrons. The molecule has 1 unspecified atom stereocenters. The van der Waals surface area contributed by atoms with Crippen molar-refractivity contribution in [1.82, 2.24) is 9.88 Å². The van der Waals surface area contributed by atoms with Crippen LogP contribution in [-0.4, -0.2) is 63.7 Å². The SMILES string of the molecule is O=C(Nc1cccc(C(=O)N2CCSC(C(=O)O)C2)n1)OCC1c2ccccc2-c2ccccc21. The normalized spacial score (nSPS) is 16.8. The van der Waals surface area contributed by atoms with E-state index in [0.717, 1.165) is 22.3 Å². The Morgan fingerprint density at radius 3 is 2.37 bits per heavy atom. The second kappa shape index (κ2) is 9.79. The van der Waals surface area contributed by atoms with Crippen LogP contribution in [0.15, 0.2) is 66.7 Å². The first-order chi connectivity index (χ1) is 17.0. The van der Waals surface area contributed by atoms with Crippen molar-refractivity contribution < 1.29 is 24.2 Å². The number of pyridine rings is 1. The number of rotatable bonds is 5. The summed E-state index contributed by atoms with van der Waals surface area (Å²) >= 11 is 1.32. The predicted octanol–water partition coefficient (Wildman–Crippen LogP) is 4.08. The zero-order valence-electron chi connectivity index (χ0n) is 18.7. The van der Waals surface area contributed by atoms with Gasteiger partial charge in [0, 0.05) is 24.8 Å². The molecule has 1 aromatic heterocycles. The average Bonchev–Trinajstić information content (AvgIpc) is 3.21. The standard InChI is InChI=1S/C26H23N3O5S/c30-24(29-12-13-35-22(14-29)25(31)32)21-10-5-11-23(27-21)28-26(33)34-15-20-18-8-3-1-6-16(18)17-7-2-4-9-19(17)20/h1-11,20,22H,12-15H2,(H,31,32)(H,27,28,33). The van der Waals surface area contributed by atoms with E-state index in [-0.39, 0.29) is 36.5 Å². The number of nitrogens with one attached hydrogen (secondary N) is 1. The van der Waals surface area contributed by atoms with Crippen molar-refractivity contribution in [2.45, 2.75) is 11.2 Å². The van der Waals surface area contributed by atoms with Crippen molar-refractivity contribution >= 4 is 35.5 Å². The van der Waals surface area contributed by atoms with Crippen LogP contribution in [-0.2, 0) is 9.53 Å². The van der Waals surface area contributed by atoms with E-state index in [1.165, 1.54) is 16.7 Å². The fourth-order valence-corrected chi connectivity index (χ4v) is 5.55. The molecule has 2 aromatic carbocycles. The molecular weight excluding hydrogens is 466 g/mol. The first-order valence-corrected chi connectivity index (χ1v) is 12.3. The predicted molar refractivity (Wildman–Crippen MR) is 133 cm³/mol. The van der Waals surface area contributed by atoms with Gasteiger partial charge in [-0.15, -0.1) is 11.8 Å². The first-order valence-electron chi connectivity index (χ1n) is 11.2. The van der Waals surface area contributed by atoms with Crippen LogP contribution >= 0.6 is 11.8 Å². The molecule has 2 aliphatic rings. The van der Waals surface area contributed by atoms with Crippen molar-refractivity contribution in [3.8, 4) is 11.1 Å². The molecule has 35 heavy (non-hydrogen) atoms. The second-order valence-electron chi connectivity index (χ2n) is 8.31. The summed E-state index contributed by atoms with van der Waals surface area (Å²) in [4.78, 5) is 42.4. The third kappa shape index (κ3) is 4.72.